The maximum absolute atomic E-state index is 10.2. The first-order valence-corrected chi connectivity index (χ1v) is 3.80. The molecule has 0 aliphatic carbocycles. The number of carbonyl (C=O) groups is 1. The summed E-state index contributed by atoms with van der Waals surface area (Å²) >= 11 is 0. The second-order valence-electron chi connectivity index (χ2n) is 2.56. The van der Waals surface area contributed by atoms with E-state index in [4.69, 9.17) is 0 Å². The molecule has 0 unspecified atom stereocenters. The molecule has 0 radical (unpaired) electrons. The van der Waals surface area contributed by atoms with Crippen LogP contribution in [0, 0.1) is 0 Å². The Morgan fingerprint density at radius 2 is 2.31 bits per heavy atom. The van der Waals surface area contributed by atoms with Gasteiger partial charge in [0, 0.05) is 17.3 Å². The van der Waals surface area contributed by atoms with Crippen molar-refractivity contribution in [2.75, 3.05) is 5.32 Å². The Morgan fingerprint density at radius 1 is 1.38 bits per heavy atom. The molecule has 0 saturated heterocycles. The third-order valence-electron chi connectivity index (χ3n) is 1.73. The molecule has 1 aromatic heterocycles. The monoisotopic (exact) mass is 173 g/mol. The lowest BCUT2D eigenvalue weighted by molar-refractivity contribution is -0.105. The van der Waals surface area contributed by atoms with Crippen molar-refractivity contribution in [2.24, 2.45) is 0 Å². The summed E-state index contributed by atoms with van der Waals surface area (Å²) in [6.45, 7) is 0. The van der Waals surface area contributed by atoms with Crippen LogP contribution >= 0.6 is 0 Å². The molecule has 1 aromatic carbocycles. The average molecular weight is 173 g/mol. The molecule has 1 amide bonds. The van der Waals surface area contributed by atoms with Crippen molar-refractivity contribution in [1.29, 1.82) is 0 Å². The summed E-state index contributed by atoms with van der Waals surface area (Å²) in [6, 6.07) is 5.45. The molecule has 0 atom stereocenters. The highest BCUT2D eigenvalue weighted by Gasteiger charge is 1.95. The van der Waals surface area contributed by atoms with E-state index in [1.807, 2.05) is 12.1 Å². The van der Waals surface area contributed by atoms with Gasteiger partial charge in [0.2, 0.25) is 6.41 Å². The van der Waals surface area contributed by atoms with Crippen LogP contribution in [-0.4, -0.2) is 16.4 Å². The van der Waals surface area contributed by atoms with Crippen molar-refractivity contribution in [2.45, 2.75) is 0 Å². The molecule has 2 aromatic rings. The summed E-state index contributed by atoms with van der Waals surface area (Å²) < 4.78 is 0. The number of fused-ring (bicyclic) bond motifs is 1. The van der Waals surface area contributed by atoms with Crippen LogP contribution < -0.4 is 5.32 Å². The number of amides is 1. The molecule has 1 heterocycles. The Morgan fingerprint density at radius 3 is 3.15 bits per heavy atom. The highest BCUT2D eigenvalue weighted by molar-refractivity contribution is 5.84. The minimum atomic E-state index is 0.644. The molecule has 1 N–H and O–H groups in total. The third-order valence-corrected chi connectivity index (χ3v) is 1.73. The minimum absolute atomic E-state index is 0.644. The van der Waals surface area contributed by atoms with E-state index in [0.717, 1.165) is 16.6 Å². The molecular weight excluding hydrogens is 166 g/mol. The van der Waals surface area contributed by atoms with E-state index >= 15 is 0 Å². The summed E-state index contributed by atoms with van der Waals surface area (Å²) in [5.74, 6) is 0. The number of carbonyl (C=O) groups excluding carboxylic acids is 1. The van der Waals surface area contributed by atoms with Gasteiger partial charge in [-0.05, 0) is 18.2 Å². The molecule has 4 heteroatoms. The van der Waals surface area contributed by atoms with Gasteiger partial charge < -0.3 is 5.32 Å². The zero-order chi connectivity index (χ0) is 9.10. The smallest absolute Gasteiger partial charge is 0.211 e. The van der Waals surface area contributed by atoms with Gasteiger partial charge in [0.05, 0.1) is 5.52 Å². The molecule has 13 heavy (non-hydrogen) atoms. The van der Waals surface area contributed by atoms with E-state index in [2.05, 4.69) is 15.3 Å². The second kappa shape index (κ2) is 3.18. The average Bonchev–Trinajstić information content (AvgIpc) is 2.18. The van der Waals surface area contributed by atoms with Gasteiger partial charge in [-0.3, -0.25) is 4.79 Å². The van der Waals surface area contributed by atoms with Gasteiger partial charge in [-0.2, -0.15) is 0 Å². The summed E-state index contributed by atoms with van der Waals surface area (Å²) in [4.78, 5) is 18.1. The second-order valence-corrected chi connectivity index (χ2v) is 2.56. The molecular formula is C9H7N3O. The topological polar surface area (TPSA) is 54.9 Å². The number of nitrogens with zero attached hydrogens (tertiary/aromatic N) is 2. The Kier molecular flexibility index (Phi) is 1.88. The first-order chi connectivity index (χ1) is 6.40. The number of hydrogen-bond acceptors (Lipinski definition) is 3. The summed E-state index contributed by atoms with van der Waals surface area (Å²) in [6.07, 6.45) is 3.85. The van der Waals surface area contributed by atoms with Crippen LogP contribution in [0.4, 0.5) is 5.69 Å². The third kappa shape index (κ3) is 1.46. The molecule has 0 spiro atoms. The molecule has 0 aliphatic rings. The zero-order valence-electron chi connectivity index (χ0n) is 6.77. The van der Waals surface area contributed by atoms with Gasteiger partial charge in [-0.1, -0.05) is 0 Å². The Bertz CT molecular complexity index is 442. The van der Waals surface area contributed by atoms with Crippen molar-refractivity contribution in [3.05, 3.63) is 30.7 Å². The molecule has 0 bridgehead atoms. The van der Waals surface area contributed by atoms with Crippen molar-refractivity contribution >= 4 is 23.0 Å². The van der Waals surface area contributed by atoms with E-state index in [1.165, 1.54) is 6.33 Å². The van der Waals surface area contributed by atoms with Crippen LogP contribution in [0.1, 0.15) is 0 Å². The predicted octanol–water partition coefficient (Wildman–Crippen LogP) is 1.20. The van der Waals surface area contributed by atoms with Crippen LogP contribution in [0.5, 0.6) is 0 Å². The van der Waals surface area contributed by atoms with E-state index in [-0.39, 0.29) is 0 Å². The molecule has 0 fully saturated rings. The molecule has 2 rings (SSSR count). The molecule has 4 nitrogen and oxygen atoms in total. The fraction of sp³-hybridized carbons (Fsp3) is 0. The lowest BCUT2D eigenvalue weighted by Crippen LogP contribution is -1.93. The fourth-order valence-corrected chi connectivity index (χ4v) is 1.14. The van der Waals surface area contributed by atoms with E-state index < -0.39 is 0 Å². The predicted molar refractivity (Wildman–Crippen MR) is 49.2 cm³/mol. The van der Waals surface area contributed by atoms with Gasteiger partial charge in [0.25, 0.3) is 0 Å². The van der Waals surface area contributed by atoms with E-state index in [0.29, 0.717) is 6.41 Å². The van der Waals surface area contributed by atoms with Gasteiger partial charge >= 0.3 is 0 Å². The lowest BCUT2D eigenvalue weighted by atomic mass is 10.2. The first kappa shape index (κ1) is 7.67. The van der Waals surface area contributed by atoms with E-state index in [1.54, 1.807) is 12.3 Å². The van der Waals surface area contributed by atoms with Crippen LogP contribution in [0.3, 0.4) is 0 Å². The Labute approximate surface area is 74.6 Å². The summed E-state index contributed by atoms with van der Waals surface area (Å²) in [7, 11) is 0. The van der Waals surface area contributed by atoms with Gasteiger partial charge in [0.15, 0.2) is 0 Å². The van der Waals surface area contributed by atoms with Gasteiger partial charge in [-0.25, -0.2) is 9.97 Å². The normalized spacial score (nSPS) is 9.85. The van der Waals surface area contributed by atoms with Crippen LogP contribution in [0.2, 0.25) is 0 Å². The fourth-order valence-electron chi connectivity index (χ4n) is 1.14. The lowest BCUT2D eigenvalue weighted by Gasteiger charge is -1.99. The first-order valence-electron chi connectivity index (χ1n) is 3.80. The number of anilines is 1. The minimum Gasteiger partial charge on any atom is -0.329 e. The largest absolute Gasteiger partial charge is 0.329 e. The molecule has 64 valence electrons. The van der Waals surface area contributed by atoms with Gasteiger partial charge in [0.1, 0.15) is 6.33 Å². The number of rotatable bonds is 2. The van der Waals surface area contributed by atoms with Crippen LogP contribution in [0.15, 0.2) is 30.7 Å². The highest BCUT2D eigenvalue weighted by Crippen LogP contribution is 2.15. The number of nitrogens with one attached hydrogen (secondary N) is 1. The van der Waals surface area contributed by atoms with Crippen molar-refractivity contribution in [3.8, 4) is 0 Å². The van der Waals surface area contributed by atoms with Crippen molar-refractivity contribution in [3.63, 3.8) is 0 Å². The Hall–Kier alpha value is -1.97. The molecule has 0 aliphatic heterocycles. The quantitative estimate of drug-likeness (QED) is 0.694. The number of hydrogen-bond donors (Lipinski definition) is 1. The van der Waals surface area contributed by atoms with Crippen LogP contribution in [0.25, 0.3) is 10.9 Å². The number of aromatic nitrogens is 2. The number of benzene rings is 1. The SMILES string of the molecule is O=CNc1ccc2ncncc2c1. The van der Waals surface area contributed by atoms with Crippen molar-refractivity contribution in [1.82, 2.24) is 9.97 Å². The Balaban J connectivity index is 2.55. The van der Waals surface area contributed by atoms with Crippen LogP contribution in [-0.2, 0) is 4.79 Å². The molecule has 0 saturated carbocycles. The van der Waals surface area contributed by atoms with Crippen molar-refractivity contribution < 1.29 is 4.79 Å². The van der Waals surface area contributed by atoms with Gasteiger partial charge in [-0.15, -0.1) is 0 Å². The summed E-state index contributed by atoms with van der Waals surface area (Å²) in [5, 5.41) is 3.47. The maximum atomic E-state index is 10.2. The maximum Gasteiger partial charge on any atom is 0.211 e. The summed E-state index contributed by atoms with van der Waals surface area (Å²) in [5.41, 5.74) is 1.61. The zero-order valence-corrected chi connectivity index (χ0v) is 6.77. The van der Waals surface area contributed by atoms with E-state index in [9.17, 15) is 4.79 Å². The highest BCUT2D eigenvalue weighted by atomic mass is 16.1. The standard InChI is InChI=1S/C9H7N3O/c13-6-12-8-1-2-9-7(3-8)4-10-5-11-9/h1-6H,(H,12,13).